The molecule has 1 fully saturated rings. The van der Waals surface area contributed by atoms with Crippen LogP contribution in [0.1, 0.15) is 10.6 Å². The van der Waals surface area contributed by atoms with E-state index in [1.54, 1.807) is 23.0 Å². The van der Waals surface area contributed by atoms with Crippen molar-refractivity contribution in [2.75, 3.05) is 38.6 Å². The molecule has 31 heavy (non-hydrogen) atoms. The maximum atomic E-state index is 12.8. The molecule has 0 bridgehead atoms. The van der Waals surface area contributed by atoms with Gasteiger partial charge in [0.05, 0.1) is 17.3 Å². The average molecular weight is 436 g/mol. The van der Waals surface area contributed by atoms with Gasteiger partial charge in [-0.1, -0.05) is 29.5 Å². The molecular weight excluding hydrogens is 416 g/mol. The van der Waals surface area contributed by atoms with Gasteiger partial charge < -0.3 is 19.0 Å². The molecule has 1 N–H and O–H groups in total. The fraction of sp³-hybridized carbons (Fsp3) is 0.227. The number of aromatic nitrogens is 1. The maximum Gasteiger partial charge on any atom is 0.323 e. The smallest absolute Gasteiger partial charge is 0.323 e. The topological polar surface area (TPSA) is 87.9 Å². The zero-order valence-corrected chi connectivity index (χ0v) is 17.6. The predicted octanol–water partition coefficient (Wildman–Crippen LogP) is 4.04. The zero-order valence-electron chi connectivity index (χ0n) is 16.8. The summed E-state index contributed by atoms with van der Waals surface area (Å²) in [5.41, 5.74) is 1.50. The molecule has 9 heteroatoms. The summed E-state index contributed by atoms with van der Waals surface area (Å²) in [7, 11) is 1.61. The molecule has 0 atom stereocenters. The number of piperazine rings is 1. The second-order valence-corrected chi connectivity index (χ2v) is 8.24. The van der Waals surface area contributed by atoms with Gasteiger partial charge in [0.15, 0.2) is 10.9 Å². The van der Waals surface area contributed by atoms with Crippen molar-refractivity contribution in [2.45, 2.75) is 0 Å². The molecule has 1 aliphatic rings. The van der Waals surface area contributed by atoms with Crippen LogP contribution in [0.4, 0.5) is 9.93 Å². The number of hydrogen-bond acceptors (Lipinski definition) is 6. The number of hydrogen-bond donors (Lipinski definition) is 1. The van der Waals surface area contributed by atoms with Crippen molar-refractivity contribution in [1.82, 2.24) is 14.8 Å². The van der Waals surface area contributed by atoms with E-state index in [-0.39, 0.29) is 11.9 Å². The van der Waals surface area contributed by atoms with Crippen molar-refractivity contribution in [3.05, 3.63) is 54.3 Å². The van der Waals surface area contributed by atoms with Gasteiger partial charge in [0, 0.05) is 31.6 Å². The van der Waals surface area contributed by atoms with Gasteiger partial charge in [-0.15, -0.1) is 0 Å². The Morgan fingerprint density at radius 2 is 1.84 bits per heavy atom. The molecule has 1 aliphatic heterocycles. The van der Waals surface area contributed by atoms with Gasteiger partial charge in [-0.25, -0.2) is 9.78 Å². The fourth-order valence-electron chi connectivity index (χ4n) is 3.61. The van der Waals surface area contributed by atoms with Crippen LogP contribution in [-0.2, 0) is 0 Å². The van der Waals surface area contributed by atoms with Gasteiger partial charge >= 0.3 is 6.03 Å². The van der Waals surface area contributed by atoms with E-state index in [1.807, 2.05) is 42.5 Å². The number of carbonyl (C=O) groups is 2. The predicted molar refractivity (Wildman–Crippen MR) is 119 cm³/mol. The van der Waals surface area contributed by atoms with Crippen LogP contribution in [0.3, 0.4) is 0 Å². The molecular formula is C22H20N4O4S. The number of fused-ring (bicyclic) bond motifs is 2. The van der Waals surface area contributed by atoms with Gasteiger partial charge in [-0.05, 0) is 30.3 Å². The largest absolute Gasteiger partial charge is 0.497 e. The van der Waals surface area contributed by atoms with Crippen molar-refractivity contribution < 1.29 is 18.7 Å². The molecule has 3 heterocycles. The Morgan fingerprint density at radius 3 is 2.61 bits per heavy atom. The fourth-order valence-corrected chi connectivity index (χ4v) is 4.50. The van der Waals surface area contributed by atoms with Crippen LogP contribution >= 0.6 is 11.3 Å². The third-order valence-electron chi connectivity index (χ3n) is 5.30. The summed E-state index contributed by atoms with van der Waals surface area (Å²) in [6.45, 7) is 1.77. The number of anilines is 1. The Hall–Kier alpha value is -3.59. The number of nitrogens with zero attached hydrogens (tertiary/aromatic N) is 3. The highest BCUT2D eigenvalue weighted by atomic mass is 32.1. The Bertz CT molecular complexity index is 1240. The van der Waals surface area contributed by atoms with Crippen LogP contribution in [0.25, 0.3) is 21.2 Å². The molecule has 2 aromatic carbocycles. The third-order valence-corrected chi connectivity index (χ3v) is 6.23. The number of amides is 3. The summed E-state index contributed by atoms with van der Waals surface area (Å²) in [6, 6.07) is 14.7. The van der Waals surface area contributed by atoms with Crippen LogP contribution < -0.4 is 10.1 Å². The lowest BCUT2D eigenvalue weighted by Crippen LogP contribution is -2.51. The summed E-state index contributed by atoms with van der Waals surface area (Å²) in [5.74, 6) is 0.916. The van der Waals surface area contributed by atoms with E-state index in [0.717, 1.165) is 21.4 Å². The second-order valence-electron chi connectivity index (χ2n) is 7.21. The number of benzene rings is 2. The highest BCUT2D eigenvalue weighted by Crippen LogP contribution is 2.29. The number of furan rings is 1. The number of thiazole rings is 1. The van der Waals surface area contributed by atoms with Crippen molar-refractivity contribution in [3.63, 3.8) is 0 Å². The molecule has 1 saturated heterocycles. The Morgan fingerprint density at radius 1 is 1.06 bits per heavy atom. The first-order valence-corrected chi connectivity index (χ1v) is 10.7. The number of methoxy groups -OCH3 is 1. The first kappa shape index (κ1) is 19.4. The second kappa shape index (κ2) is 7.92. The van der Waals surface area contributed by atoms with Crippen LogP contribution in [0.2, 0.25) is 0 Å². The lowest BCUT2D eigenvalue weighted by Gasteiger charge is -2.34. The number of para-hydroxylation sites is 1. The van der Waals surface area contributed by atoms with Crippen LogP contribution in [0.15, 0.2) is 52.9 Å². The van der Waals surface area contributed by atoms with Gasteiger partial charge in [0.25, 0.3) is 5.91 Å². The minimum atomic E-state index is -0.221. The molecule has 158 valence electrons. The van der Waals surface area contributed by atoms with Gasteiger partial charge in [-0.3, -0.25) is 10.1 Å². The van der Waals surface area contributed by atoms with Gasteiger partial charge in [-0.2, -0.15) is 0 Å². The number of carbonyl (C=O) groups excluding carboxylic acids is 2. The molecule has 0 saturated carbocycles. The number of nitrogens with one attached hydrogen (secondary N) is 1. The molecule has 0 radical (unpaired) electrons. The quantitative estimate of drug-likeness (QED) is 0.524. The highest BCUT2D eigenvalue weighted by molar-refractivity contribution is 7.22. The van der Waals surface area contributed by atoms with E-state index in [4.69, 9.17) is 9.15 Å². The van der Waals surface area contributed by atoms with Crippen molar-refractivity contribution in [2.24, 2.45) is 0 Å². The minimum absolute atomic E-state index is 0.156. The molecule has 0 unspecified atom stereocenters. The summed E-state index contributed by atoms with van der Waals surface area (Å²) < 4.78 is 11.9. The summed E-state index contributed by atoms with van der Waals surface area (Å²) >= 11 is 1.40. The Balaban J connectivity index is 1.21. The van der Waals surface area contributed by atoms with Crippen LogP contribution in [0.5, 0.6) is 5.75 Å². The molecule has 5 rings (SSSR count). The molecule has 0 spiro atoms. The van der Waals surface area contributed by atoms with Gasteiger partial charge in [0.1, 0.15) is 11.3 Å². The Labute approximate surface area is 182 Å². The summed E-state index contributed by atoms with van der Waals surface area (Å²) in [5, 5.41) is 4.30. The van der Waals surface area contributed by atoms with Crippen LogP contribution in [0, 0.1) is 0 Å². The number of rotatable bonds is 3. The van der Waals surface area contributed by atoms with E-state index in [0.29, 0.717) is 42.7 Å². The summed E-state index contributed by atoms with van der Waals surface area (Å²) in [6.07, 6.45) is 0. The standard InChI is InChI=1S/C22H20N4O4S/c1-29-15-6-7-16-19(13-15)31-21(23-16)24-22(28)26-10-8-25(9-11-26)20(27)18-12-14-4-2-3-5-17(14)30-18/h2-7,12-13H,8-11H2,1H3,(H,23,24,28). The number of urea groups is 1. The lowest BCUT2D eigenvalue weighted by atomic mass is 10.2. The SMILES string of the molecule is COc1ccc2nc(NC(=O)N3CCN(C(=O)c4cc5ccccc5o4)CC3)sc2c1. The van der Waals surface area contributed by atoms with Crippen molar-refractivity contribution in [3.8, 4) is 5.75 Å². The first-order chi connectivity index (χ1) is 15.1. The third kappa shape index (κ3) is 3.79. The average Bonchev–Trinajstić information content (AvgIpc) is 3.41. The monoisotopic (exact) mass is 436 g/mol. The van der Waals surface area contributed by atoms with Gasteiger partial charge in [0.2, 0.25) is 0 Å². The van der Waals surface area contributed by atoms with Crippen molar-refractivity contribution >= 4 is 49.6 Å². The molecule has 4 aromatic rings. The van der Waals surface area contributed by atoms with Crippen molar-refractivity contribution in [1.29, 1.82) is 0 Å². The van der Waals surface area contributed by atoms with E-state index < -0.39 is 0 Å². The minimum Gasteiger partial charge on any atom is -0.497 e. The lowest BCUT2D eigenvalue weighted by molar-refractivity contribution is 0.0643. The molecule has 2 aromatic heterocycles. The maximum absolute atomic E-state index is 12.8. The van der Waals surface area contributed by atoms with E-state index >= 15 is 0 Å². The number of ether oxygens (including phenoxy) is 1. The molecule has 0 aliphatic carbocycles. The molecule has 8 nitrogen and oxygen atoms in total. The van der Waals surface area contributed by atoms with E-state index in [2.05, 4.69) is 10.3 Å². The Kier molecular flexibility index (Phi) is 4.95. The zero-order chi connectivity index (χ0) is 21.4. The van der Waals surface area contributed by atoms with E-state index in [1.165, 1.54) is 11.3 Å². The highest BCUT2D eigenvalue weighted by Gasteiger charge is 2.27. The van der Waals surface area contributed by atoms with E-state index in [9.17, 15) is 9.59 Å². The van der Waals surface area contributed by atoms with Crippen LogP contribution in [-0.4, -0.2) is 60.0 Å². The molecule has 3 amide bonds. The summed E-state index contributed by atoms with van der Waals surface area (Å²) in [4.78, 5) is 33.3. The first-order valence-electron chi connectivity index (χ1n) is 9.89. The normalized spacial score (nSPS) is 14.2.